The van der Waals surface area contributed by atoms with Gasteiger partial charge in [-0.1, -0.05) is 20.8 Å². The van der Waals surface area contributed by atoms with Crippen LogP contribution in [0.4, 0.5) is 16.2 Å². The molecule has 0 aliphatic heterocycles. The lowest BCUT2D eigenvalue weighted by Crippen LogP contribution is -2.17. The Morgan fingerprint density at radius 2 is 1.76 bits per heavy atom. The first kappa shape index (κ1) is 17.1. The molecule has 1 amide bonds. The third kappa shape index (κ3) is 4.82. The fourth-order valence-electron chi connectivity index (χ4n) is 1.77. The maximum absolute atomic E-state index is 11.5. The lowest BCUT2D eigenvalue weighted by Gasteiger charge is -2.23. The summed E-state index contributed by atoms with van der Waals surface area (Å²) in [6, 6.07) is 3.26. The first-order valence-electron chi connectivity index (χ1n) is 6.14. The van der Waals surface area contributed by atoms with E-state index in [2.05, 4.69) is 10.0 Å². The minimum absolute atomic E-state index is 0.121. The quantitative estimate of drug-likeness (QED) is 0.791. The lowest BCUT2D eigenvalue weighted by atomic mass is 9.86. The largest absolute Gasteiger partial charge is 0.492 e. The zero-order valence-electron chi connectivity index (χ0n) is 12.6. The van der Waals surface area contributed by atoms with E-state index in [1.807, 2.05) is 20.8 Å². The van der Waals surface area contributed by atoms with Gasteiger partial charge in [0.25, 0.3) is 0 Å². The predicted octanol–water partition coefficient (Wildman–Crippen LogP) is 2.45. The van der Waals surface area contributed by atoms with Crippen molar-refractivity contribution in [3.63, 3.8) is 0 Å². The Balaban J connectivity index is 3.55. The molecule has 3 N–H and O–H groups in total. The van der Waals surface area contributed by atoms with Crippen molar-refractivity contribution >= 4 is 27.5 Å². The molecule has 0 fully saturated rings. The summed E-state index contributed by atoms with van der Waals surface area (Å²) in [5.41, 5.74) is 0.841. The topological polar surface area (TPSA) is 105 Å². The maximum atomic E-state index is 11.5. The van der Waals surface area contributed by atoms with Crippen LogP contribution in [0, 0.1) is 0 Å². The summed E-state index contributed by atoms with van der Waals surface area (Å²) < 4.78 is 30.4. The predicted molar refractivity (Wildman–Crippen MR) is 81.8 cm³/mol. The highest BCUT2D eigenvalue weighted by Gasteiger charge is 2.21. The highest BCUT2D eigenvalue weighted by atomic mass is 32.2. The molecule has 8 heteroatoms. The molecule has 0 bridgehead atoms. The van der Waals surface area contributed by atoms with Gasteiger partial charge in [0.05, 0.1) is 24.7 Å². The van der Waals surface area contributed by atoms with Gasteiger partial charge < -0.3 is 9.84 Å². The van der Waals surface area contributed by atoms with E-state index in [9.17, 15) is 13.2 Å². The average molecular weight is 316 g/mol. The van der Waals surface area contributed by atoms with Crippen molar-refractivity contribution in [3.8, 4) is 5.75 Å². The Kier molecular flexibility index (Phi) is 4.72. The number of amides is 1. The van der Waals surface area contributed by atoms with Gasteiger partial charge in [-0.3, -0.25) is 10.0 Å². The minimum atomic E-state index is -3.52. The second-order valence-corrected chi connectivity index (χ2v) is 7.41. The Hall–Kier alpha value is -1.96. The summed E-state index contributed by atoms with van der Waals surface area (Å²) in [5, 5.41) is 11.1. The number of ether oxygens (including phenoxy) is 1. The first-order valence-corrected chi connectivity index (χ1v) is 8.03. The number of carbonyl (C=O) groups is 1. The minimum Gasteiger partial charge on any atom is -0.492 e. The van der Waals surface area contributed by atoms with Gasteiger partial charge >= 0.3 is 6.09 Å². The zero-order chi connectivity index (χ0) is 16.4. The number of rotatable bonds is 4. The van der Waals surface area contributed by atoms with E-state index in [4.69, 9.17) is 9.84 Å². The van der Waals surface area contributed by atoms with Crippen LogP contribution in [0.25, 0.3) is 0 Å². The number of hydrogen-bond donors (Lipinski definition) is 3. The van der Waals surface area contributed by atoms with Gasteiger partial charge in [0.2, 0.25) is 10.0 Å². The highest BCUT2D eigenvalue weighted by Crippen LogP contribution is 2.38. The van der Waals surface area contributed by atoms with Crippen molar-refractivity contribution in [2.45, 2.75) is 26.2 Å². The zero-order valence-corrected chi connectivity index (χ0v) is 13.5. The Morgan fingerprint density at radius 3 is 2.14 bits per heavy atom. The van der Waals surface area contributed by atoms with E-state index < -0.39 is 16.1 Å². The van der Waals surface area contributed by atoms with Crippen LogP contribution in [0.15, 0.2) is 12.1 Å². The van der Waals surface area contributed by atoms with Gasteiger partial charge in [-0.05, 0) is 23.1 Å². The summed E-state index contributed by atoms with van der Waals surface area (Å²) in [6.07, 6.45) is -0.245. The second kappa shape index (κ2) is 5.80. The van der Waals surface area contributed by atoms with E-state index >= 15 is 0 Å². The van der Waals surface area contributed by atoms with Crippen LogP contribution < -0.4 is 14.8 Å². The van der Waals surface area contributed by atoms with Crippen LogP contribution in [-0.2, 0) is 15.4 Å². The molecule has 0 radical (unpaired) electrons. The molecule has 118 valence electrons. The molecule has 0 saturated heterocycles. The summed E-state index contributed by atoms with van der Waals surface area (Å²) >= 11 is 0. The van der Waals surface area contributed by atoms with Crippen molar-refractivity contribution < 1.29 is 23.1 Å². The molecule has 0 aliphatic carbocycles. The summed E-state index contributed by atoms with van der Waals surface area (Å²) in [7, 11) is -2.18. The summed E-state index contributed by atoms with van der Waals surface area (Å²) in [4.78, 5) is 10.9. The summed E-state index contributed by atoms with van der Waals surface area (Å²) in [5.74, 6) is 0.121. The van der Waals surface area contributed by atoms with Gasteiger partial charge in [-0.2, -0.15) is 0 Å². The molecule has 0 atom stereocenters. The van der Waals surface area contributed by atoms with E-state index in [-0.39, 0.29) is 22.5 Å². The molecule has 1 aromatic carbocycles. The van der Waals surface area contributed by atoms with Crippen LogP contribution in [0.2, 0.25) is 0 Å². The highest BCUT2D eigenvalue weighted by molar-refractivity contribution is 7.92. The molecule has 0 aromatic heterocycles. The van der Waals surface area contributed by atoms with Crippen LogP contribution in [-0.4, -0.2) is 33.0 Å². The van der Waals surface area contributed by atoms with Crippen molar-refractivity contribution in [3.05, 3.63) is 17.7 Å². The normalized spacial score (nSPS) is 11.9. The molecular formula is C13H20N2O5S. The third-order valence-corrected chi connectivity index (χ3v) is 3.29. The van der Waals surface area contributed by atoms with Gasteiger partial charge in [0.15, 0.2) is 5.75 Å². The van der Waals surface area contributed by atoms with E-state index in [1.54, 1.807) is 12.1 Å². The molecule has 0 heterocycles. The number of methoxy groups -OCH3 is 1. The fourth-order valence-corrected chi connectivity index (χ4v) is 2.32. The van der Waals surface area contributed by atoms with E-state index in [0.717, 1.165) is 11.8 Å². The Morgan fingerprint density at radius 1 is 1.24 bits per heavy atom. The molecular weight excluding hydrogens is 296 g/mol. The Labute approximate surface area is 124 Å². The maximum Gasteiger partial charge on any atom is 0.409 e. The number of nitrogens with one attached hydrogen (secondary N) is 2. The Bertz CT molecular complexity index is 647. The number of benzene rings is 1. The van der Waals surface area contributed by atoms with Crippen molar-refractivity contribution in [1.29, 1.82) is 0 Å². The molecule has 0 saturated carbocycles. The third-order valence-electron chi connectivity index (χ3n) is 2.70. The monoisotopic (exact) mass is 316 g/mol. The standard InChI is InChI=1S/C13H20N2O5S/c1-13(2,3)8-6-9(14-12(16)17)11(20-4)10(7-8)15-21(5,18)19/h6-7,14-15H,1-5H3,(H,16,17). The molecule has 1 rings (SSSR count). The number of carboxylic acid groups (broad SMARTS) is 1. The number of anilines is 2. The summed E-state index contributed by atoms with van der Waals surface area (Å²) in [6.45, 7) is 5.80. The molecule has 0 aliphatic rings. The van der Waals surface area contributed by atoms with Gasteiger partial charge in [-0.25, -0.2) is 13.2 Å². The van der Waals surface area contributed by atoms with E-state index in [1.165, 1.54) is 7.11 Å². The van der Waals surface area contributed by atoms with Gasteiger partial charge in [-0.15, -0.1) is 0 Å². The van der Waals surface area contributed by atoms with Crippen LogP contribution >= 0.6 is 0 Å². The number of sulfonamides is 1. The van der Waals surface area contributed by atoms with Crippen molar-refractivity contribution in [2.75, 3.05) is 23.4 Å². The van der Waals surface area contributed by atoms with Gasteiger partial charge in [0.1, 0.15) is 0 Å². The smallest absolute Gasteiger partial charge is 0.409 e. The van der Waals surface area contributed by atoms with Crippen molar-refractivity contribution in [1.82, 2.24) is 0 Å². The fraction of sp³-hybridized carbons (Fsp3) is 0.462. The molecule has 1 aromatic rings. The molecule has 21 heavy (non-hydrogen) atoms. The molecule has 7 nitrogen and oxygen atoms in total. The molecule has 0 spiro atoms. The van der Waals surface area contributed by atoms with E-state index in [0.29, 0.717) is 0 Å². The van der Waals surface area contributed by atoms with Crippen LogP contribution in [0.1, 0.15) is 26.3 Å². The SMILES string of the molecule is COc1c(NC(=O)O)cc(C(C)(C)C)cc1NS(C)(=O)=O. The molecule has 0 unspecified atom stereocenters. The average Bonchev–Trinajstić information content (AvgIpc) is 2.24. The van der Waals surface area contributed by atoms with Gasteiger partial charge in [0, 0.05) is 0 Å². The van der Waals surface area contributed by atoms with Crippen LogP contribution in [0.3, 0.4) is 0 Å². The number of hydrogen-bond acceptors (Lipinski definition) is 4. The van der Waals surface area contributed by atoms with Crippen molar-refractivity contribution in [2.24, 2.45) is 0 Å². The lowest BCUT2D eigenvalue weighted by molar-refractivity contribution is 0.209. The van der Waals surface area contributed by atoms with Crippen LogP contribution in [0.5, 0.6) is 5.75 Å². The second-order valence-electron chi connectivity index (χ2n) is 5.66. The first-order chi connectivity index (χ1) is 9.44.